The predicted molar refractivity (Wildman–Crippen MR) is 90.5 cm³/mol. The lowest BCUT2D eigenvalue weighted by Crippen LogP contribution is -2.45. The molecule has 2 atom stereocenters. The second-order valence-corrected chi connectivity index (χ2v) is 6.75. The Labute approximate surface area is 153 Å². The van der Waals surface area contributed by atoms with Crippen LogP contribution in [0.4, 0.5) is 0 Å². The van der Waals surface area contributed by atoms with Crippen molar-refractivity contribution in [3.05, 3.63) is 0 Å². The molecule has 1 fully saturated rings. The zero-order chi connectivity index (χ0) is 19.7. The van der Waals surface area contributed by atoms with Crippen LogP contribution in [0.5, 0.6) is 0 Å². The summed E-state index contributed by atoms with van der Waals surface area (Å²) >= 11 is 0. The number of hydrogen-bond acceptors (Lipinski definition) is 8. The number of rotatable bonds is 10. The largest absolute Gasteiger partial charge is 0.463 e. The maximum Gasteiger partial charge on any atom is 0.349 e. The molecule has 2 N–H and O–H groups in total. The van der Waals surface area contributed by atoms with Crippen LogP contribution in [0.15, 0.2) is 0 Å². The normalized spacial score (nSPS) is 17.2. The number of hydroxylamine groups is 2. The molecule has 0 bridgehead atoms. The van der Waals surface area contributed by atoms with Crippen molar-refractivity contribution >= 4 is 23.6 Å². The number of esters is 1. The van der Waals surface area contributed by atoms with E-state index in [1.807, 2.05) is 13.8 Å². The highest BCUT2D eigenvalue weighted by molar-refractivity contribution is 5.93. The van der Waals surface area contributed by atoms with Crippen molar-refractivity contribution in [3.63, 3.8) is 0 Å². The molecule has 9 heteroatoms. The summed E-state index contributed by atoms with van der Waals surface area (Å²) in [6.07, 6.45) is -0.133. The number of Topliss-reactive ketones (excluding diaryl/α,β-unsaturated/α-hetero) is 1. The Hall–Kier alpha value is -2.00. The molecule has 0 aromatic carbocycles. The van der Waals surface area contributed by atoms with Crippen LogP contribution in [-0.4, -0.2) is 60.6 Å². The van der Waals surface area contributed by atoms with Gasteiger partial charge in [-0.15, -0.1) is 0 Å². The maximum absolute atomic E-state index is 11.9. The number of piperidine rings is 1. The van der Waals surface area contributed by atoms with Crippen molar-refractivity contribution in [2.45, 2.75) is 58.6 Å². The van der Waals surface area contributed by atoms with E-state index in [1.165, 1.54) is 0 Å². The van der Waals surface area contributed by atoms with Crippen LogP contribution in [0.25, 0.3) is 0 Å². The average Bonchev–Trinajstić information content (AvgIpc) is 2.58. The molecule has 1 aliphatic heterocycles. The maximum atomic E-state index is 11.9. The van der Waals surface area contributed by atoms with Gasteiger partial charge in [0.2, 0.25) is 0 Å². The highest BCUT2D eigenvalue weighted by Gasteiger charge is 2.29. The fourth-order valence-corrected chi connectivity index (χ4v) is 2.04. The van der Waals surface area contributed by atoms with Gasteiger partial charge in [0.25, 0.3) is 5.91 Å². The third-order valence-corrected chi connectivity index (χ3v) is 3.57. The first-order valence-corrected chi connectivity index (χ1v) is 8.75. The van der Waals surface area contributed by atoms with E-state index in [-0.39, 0.29) is 50.7 Å². The van der Waals surface area contributed by atoms with E-state index in [0.29, 0.717) is 12.5 Å². The molecule has 0 saturated carbocycles. The van der Waals surface area contributed by atoms with Gasteiger partial charge in [-0.05, 0) is 19.3 Å². The van der Waals surface area contributed by atoms with Gasteiger partial charge in [-0.2, -0.15) is 5.06 Å². The zero-order valence-corrected chi connectivity index (χ0v) is 15.6. The number of amides is 1. The first kappa shape index (κ1) is 22.0. The van der Waals surface area contributed by atoms with Crippen molar-refractivity contribution in [1.82, 2.24) is 5.06 Å². The number of nitrogens with zero attached hydrogens (tertiary/aromatic N) is 1. The van der Waals surface area contributed by atoms with Gasteiger partial charge in [-0.1, -0.05) is 13.8 Å². The highest BCUT2D eigenvalue weighted by Crippen LogP contribution is 2.10. The number of hydrogen-bond donors (Lipinski definition) is 1. The topological polar surface area (TPSA) is 125 Å². The predicted octanol–water partition coefficient (Wildman–Crippen LogP) is 0.348. The number of ketones is 1. The Morgan fingerprint density at radius 2 is 1.85 bits per heavy atom. The summed E-state index contributed by atoms with van der Waals surface area (Å²) in [5, 5.41) is 0.722. The Bertz CT molecular complexity index is 521. The number of carbonyl (C=O) groups is 4. The van der Waals surface area contributed by atoms with Gasteiger partial charge in [-0.3, -0.25) is 14.4 Å². The van der Waals surface area contributed by atoms with Crippen LogP contribution in [-0.2, 0) is 33.5 Å². The highest BCUT2D eigenvalue weighted by atomic mass is 16.7. The molecule has 1 saturated heterocycles. The molecule has 1 heterocycles. The van der Waals surface area contributed by atoms with E-state index in [9.17, 15) is 19.2 Å². The molecule has 0 aromatic heterocycles. The molecule has 26 heavy (non-hydrogen) atoms. The SMILES string of the molecule is CC(C)COC(C)COC(=O)CCC(N)C(=O)ON1CC(=O)CCC1=O. The minimum atomic E-state index is -1.10. The molecule has 0 spiro atoms. The standard InChI is InChI=1S/C17H28N2O7/c1-11(2)9-24-12(3)10-25-16(22)7-5-14(18)17(23)26-19-8-13(20)4-6-15(19)21/h11-12,14H,4-10,18H2,1-3H3. The Balaban J connectivity index is 2.26. The van der Waals surface area contributed by atoms with E-state index >= 15 is 0 Å². The van der Waals surface area contributed by atoms with E-state index in [0.717, 1.165) is 5.06 Å². The van der Waals surface area contributed by atoms with Crippen molar-refractivity contribution < 1.29 is 33.5 Å². The third-order valence-electron chi connectivity index (χ3n) is 3.57. The van der Waals surface area contributed by atoms with Crippen molar-refractivity contribution in [2.75, 3.05) is 19.8 Å². The van der Waals surface area contributed by atoms with Crippen LogP contribution >= 0.6 is 0 Å². The Kier molecular flexibility index (Phi) is 9.22. The van der Waals surface area contributed by atoms with Crippen LogP contribution in [0.2, 0.25) is 0 Å². The van der Waals surface area contributed by atoms with Crippen molar-refractivity contribution in [1.29, 1.82) is 0 Å². The second-order valence-electron chi connectivity index (χ2n) is 6.75. The van der Waals surface area contributed by atoms with Gasteiger partial charge in [0.1, 0.15) is 19.2 Å². The van der Waals surface area contributed by atoms with Crippen molar-refractivity contribution in [2.24, 2.45) is 11.7 Å². The first-order valence-electron chi connectivity index (χ1n) is 8.75. The molecule has 1 aliphatic rings. The number of nitrogens with two attached hydrogens (primary N) is 1. The molecular weight excluding hydrogens is 344 g/mol. The molecule has 0 aromatic rings. The first-order chi connectivity index (χ1) is 12.2. The lowest BCUT2D eigenvalue weighted by molar-refractivity contribution is -0.202. The van der Waals surface area contributed by atoms with E-state index in [2.05, 4.69) is 0 Å². The fraction of sp³-hybridized carbons (Fsp3) is 0.765. The smallest absolute Gasteiger partial charge is 0.349 e. The zero-order valence-electron chi connectivity index (χ0n) is 15.6. The van der Waals surface area contributed by atoms with Gasteiger partial charge in [0.05, 0.1) is 6.10 Å². The third kappa shape index (κ3) is 8.39. The number of ether oxygens (including phenoxy) is 2. The van der Waals surface area contributed by atoms with Gasteiger partial charge in [0.15, 0.2) is 5.78 Å². The Morgan fingerprint density at radius 1 is 1.15 bits per heavy atom. The van der Waals surface area contributed by atoms with E-state index in [4.69, 9.17) is 20.0 Å². The lowest BCUT2D eigenvalue weighted by atomic mass is 10.1. The fourth-order valence-electron chi connectivity index (χ4n) is 2.04. The minimum absolute atomic E-state index is 0.00470. The quantitative estimate of drug-likeness (QED) is 0.545. The minimum Gasteiger partial charge on any atom is -0.463 e. The average molecular weight is 372 g/mol. The van der Waals surface area contributed by atoms with Gasteiger partial charge < -0.3 is 20.0 Å². The molecule has 1 rings (SSSR count). The number of carbonyl (C=O) groups excluding carboxylic acids is 4. The summed E-state index contributed by atoms with van der Waals surface area (Å²) in [4.78, 5) is 51.3. The molecule has 9 nitrogen and oxygen atoms in total. The van der Waals surface area contributed by atoms with E-state index in [1.54, 1.807) is 6.92 Å². The molecule has 148 valence electrons. The summed E-state index contributed by atoms with van der Waals surface area (Å²) < 4.78 is 10.5. The van der Waals surface area contributed by atoms with Crippen LogP contribution in [0, 0.1) is 5.92 Å². The monoisotopic (exact) mass is 372 g/mol. The summed E-state index contributed by atoms with van der Waals surface area (Å²) in [7, 11) is 0. The van der Waals surface area contributed by atoms with Crippen LogP contribution < -0.4 is 5.73 Å². The summed E-state index contributed by atoms with van der Waals surface area (Å²) in [6.45, 7) is 6.27. The summed E-state index contributed by atoms with van der Waals surface area (Å²) in [6, 6.07) is -1.10. The van der Waals surface area contributed by atoms with Gasteiger partial charge >= 0.3 is 11.9 Å². The van der Waals surface area contributed by atoms with E-state index < -0.39 is 23.9 Å². The van der Waals surface area contributed by atoms with Crippen LogP contribution in [0.1, 0.15) is 46.5 Å². The van der Waals surface area contributed by atoms with Gasteiger partial charge in [-0.25, -0.2) is 4.79 Å². The Morgan fingerprint density at radius 3 is 2.50 bits per heavy atom. The molecule has 0 radical (unpaired) electrons. The molecule has 2 unspecified atom stereocenters. The lowest BCUT2D eigenvalue weighted by Gasteiger charge is -2.25. The van der Waals surface area contributed by atoms with Crippen LogP contribution in [0.3, 0.4) is 0 Å². The van der Waals surface area contributed by atoms with Gasteiger partial charge in [0, 0.05) is 25.9 Å². The second kappa shape index (κ2) is 10.9. The molecule has 1 amide bonds. The summed E-state index contributed by atoms with van der Waals surface area (Å²) in [5.41, 5.74) is 5.67. The summed E-state index contributed by atoms with van der Waals surface area (Å²) in [5.74, 6) is -1.62. The van der Waals surface area contributed by atoms with Crippen molar-refractivity contribution in [3.8, 4) is 0 Å². The molecular formula is C17H28N2O7. The molecule has 0 aliphatic carbocycles.